The standard InChI is InChI=1S/C19H23NO3/c1-20(2)15-7-5-13(6-8-15)19-16-12-18(22-4)17(21-3)11-14(16)9-10-23-19/h5-8,11-12,19H,9-10H2,1-4H3. The van der Waals surface area contributed by atoms with Crippen molar-refractivity contribution in [1.29, 1.82) is 0 Å². The van der Waals surface area contributed by atoms with Gasteiger partial charge in [-0.3, -0.25) is 0 Å². The van der Waals surface area contributed by atoms with Gasteiger partial charge in [0.25, 0.3) is 0 Å². The van der Waals surface area contributed by atoms with Crippen LogP contribution in [0.15, 0.2) is 36.4 Å². The lowest BCUT2D eigenvalue weighted by atomic mass is 9.92. The molecule has 0 aromatic heterocycles. The van der Waals surface area contributed by atoms with Crippen molar-refractivity contribution >= 4 is 5.69 Å². The minimum absolute atomic E-state index is 0.0604. The Morgan fingerprint density at radius 1 is 1.00 bits per heavy atom. The molecule has 0 aliphatic carbocycles. The van der Waals surface area contributed by atoms with Gasteiger partial charge >= 0.3 is 0 Å². The number of hydrogen-bond donors (Lipinski definition) is 0. The van der Waals surface area contributed by atoms with Crippen molar-refractivity contribution in [2.75, 3.05) is 39.8 Å². The first-order valence-corrected chi connectivity index (χ1v) is 7.77. The Morgan fingerprint density at radius 2 is 1.65 bits per heavy atom. The molecule has 1 unspecified atom stereocenters. The first kappa shape index (κ1) is 15.7. The number of anilines is 1. The Labute approximate surface area is 137 Å². The van der Waals surface area contributed by atoms with Gasteiger partial charge in [-0.25, -0.2) is 0 Å². The number of rotatable bonds is 4. The summed E-state index contributed by atoms with van der Waals surface area (Å²) >= 11 is 0. The first-order valence-electron chi connectivity index (χ1n) is 7.77. The molecule has 2 aromatic rings. The molecule has 122 valence electrons. The Morgan fingerprint density at radius 3 is 2.26 bits per heavy atom. The molecule has 3 rings (SSSR count). The van der Waals surface area contributed by atoms with Crippen molar-refractivity contribution in [1.82, 2.24) is 0 Å². The molecule has 0 radical (unpaired) electrons. The van der Waals surface area contributed by atoms with E-state index in [-0.39, 0.29) is 6.10 Å². The fourth-order valence-electron chi connectivity index (χ4n) is 3.00. The Kier molecular flexibility index (Phi) is 4.44. The fraction of sp³-hybridized carbons (Fsp3) is 0.368. The molecule has 1 atom stereocenters. The molecule has 1 heterocycles. The second kappa shape index (κ2) is 6.50. The highest BCUT2D eigenvalue weighted by atomic mass is 16.5. The summed E-state index contributed by atoms with van der Waals surface area (Å²) in [5.41, 5.74) is 4.75. The molecular weight excluding hydrogens is 290 g/mol. The summed E-state index contributed by atoms with van der Waals surface area (Å²) < 4.78 is 16.9. The minimum atomic E-state index is -0.0604. The van der Waals surface area contributed by atoms with Crippen molar-refractivity contribution in [3.63, 3.8) is 0 Å². The van der Waals surface area contributed by atoms with Crippen LogP contribution < -0.4 is 14.4 Å². The van der Waals surface area contributed by atoms with Gasteiger partial charge < -0.3 is 19.1 Å². The van der Waals surface area contributed by atoms with E-state index in [0.717, 1.165) is 29.0 Å². The normalized spacial score (nSPS) is 16.6. The Balaban J connectivity index is 2.00. The first-order chi connectivity index (χ1) is 11.1. The average Bonchev–Trinajstić information content (AvgIpc) is 2.60. The number of nitrogens with zero attached hydrogens (tertiary/aromatic N) is 1. The number of ether oxygens (including phenoxy) is 3. The van der Waals surface area contributed by atoms with E-state index in [1.165, 1.54) is 11.3 Å². The van der Waals surface area contributed by atoms with Gasteiger partial charge in [-0.2, -0.15) is 0 Å². The summed E-state index contributed by atoms with van der Waals surface area (Å²) in [7, 11) is 7.41. The van der Waals surface area contributed by atoms with E-state index in [0.29, 0.717) is 6.61 Å². The van der Waals surface area contributed by atoms with E-state index < -0.39 is 0 Å². The van der Waals surface area contributed by atoms with E-state index in [9.17, 15) is 0 Å². The minimum Gasteiger partial charge on any atom is -0.493 e. The lowest BCUT2D eigenvalue weighted by Crippen LogP contribution is -2.18. The summed E-state index contributed by atoms with van der Waals surface area (Å²) in [6.45, 7) is 0.711. The van der Waals surface area contributed by atoms with Crippen molar-refractivity contribution in [3.05, 3.63) is 53.1 Å². The van der Waals surface area contributed by atoms with Crippen LogP contribution in [0.5, 0.6) is 11.5 Å². The largest absolute Gasteiger partial charge is 0.493 e. The van der Waals surface area contributed by atoms with Crippen LogP contribution in [0.1, 0.15) is 22.8 Å². The predicted octanol–water partition coefficient (Wildman–Crippen LogP) is 3.43. The third kappa shape index (κ3) is 2.99. The average molecular weight is 313 g/mol. The van der Waals surface area contributed by atoms with Crippen LogP contribution in [0, 0.1) is 0 Å². The lowest BCUT2D eigenvalue weighted by Gasteiger charge is -2.28. The van der Waals surface area contributed by atoms with Crippen molar-refractivity contribution in [3.8, 4) is 11.5 Å². The molecule has 0 N–H and O–H groups in total. The van der Waals surface area contributed by atoms with Gasteiger partial charge in [-0.05, 0) is 47.4 Å². The molecule has 0 spiro atoms. The summed E-state index contributed by atoms with van der Waals surface area (Å²) in [4.78, 5) is 2.09. The maximum Gasteiger partial charge on any atom is 0.161 e. The molecule has 0 amide bonds. The fourth-order valence-corrected chi connectivity index (χ4v) is 3.00. The molecule has 1 aliphatic heterocycles. The third-order valence-corrected chi connectivity index (χ3v) is 4.30. The highest BCUT2D eigenvalue weighted by Gasteiger charge is 2.25. The van der Waals surface area contributed by atoms with Gasteiger partial charge in [-0.1, -0.05) is 12.1 Å². The molecule has 23 heavy (non-hydrogen) atoms. The summed E-state index contributed by atoms with van der Waals surface area (Å²) in [6.07, 6.45) is 0.830. The van der Waals surface area contributed by atoms with E-state index in [2.05, 4.69) is 35.2 Å². The second-order valence-electron chi connectivity index (χ2n) is 5.89. The van der Waals surface area contributed by atoms with Crippen LogP contribution in [0.4, 0.5) is 5.69 Å². The Hall–Kier alpha value is -2.20. The van der Waals surface area contributed by atoms with E-state index in [4.69, 9.17) is 14.2 Å². The molecule has 2 aromatic carbocycles. The number of methoxy groups -OCH3 is 2. The van der Waals surface area contributed by atoms with Gasteiger partial charge in [0.2, 0.25) is 0 Å². The van der Waals surface area contributed by atoms with Gasteiger partial charge in [-0.15, -0.1) is 0 Å². The molecule has 4 nitrogen and oxygen atoms in total. The second-order valence-corrected chi connectivity index (χ2v) is 5.89. The quantitative estimate of drug-likeness (QED) is 0.865. The topological polar surface area (TPSA) is 30.9 Å². The zero-order valence-electron chi connectivity index (χ0n) is 14.1. The maximum absolute atomic E-state index is 6.05. The summed E-state index contributed by atoms with van der Waals surface area (Å²) in [5, 5.41) is 0. The molecule has 1 aliphatic rings. The van der Waals surface area contributed by atoms with E-state index in [1.54, 1.807) is 14.2 Å². The molecular formula is C19H23NO3. The van der Waals surface area contributed by atoms with Crippen molar-refractivity contribution < 1.29 is 14.2 Å². The smallest absolute Gasteiger partial charge is 0.161 e. The zero-order chi connectivity index (χ0) is 16.4. The molecule has 0 bridgehead atoms. The molecule has 0 fully saturated rings. The van der Waals surface area contributed by atoms with E-state index >= 15 is 0 Å². The summed E-state index contributed by atoms with van der Waals surface area (Å²) in [5.74, 6) is 1.52. The number of hydrogen-bond acceptors (Lipinski definition) is 4. The zero-order valence-corrected chi connectivity index (χ0v) is 14.1. The predicted molar refractivity (Wildman–Crippen MR) is 91.8 cm³/mol. The van der Waals surface area contributed by atoms with Gasteiger partial charge in [0.15, 0.2) is 11.5 Å². The molecule has 0 saturated heterocycles. The van der Waals surface area contributed by atoms with Crippen LogP contribution >= 0.6 is 0 Å². The maximum atomic E-state index is 6.05. The lowest BCUT2D eigenvalue weighted by molar-refractivity contribution is 0.0695. The van der Waals surface area contributed by atoms with Gasteiger partial charge in [0.1, 0.15) is 6.10 Å². The highest BCUT2D eigenvalue weighted by molar-refractivity contribution is 5.52. The highest BCUT2D eigenvalue weighted by Crippen LogP contribution is 2.39. The molecule has 0 saturated carbocycles. The van der Waals surface area contributed by atoms with E-state index in [1.807, 2.05) is 20.2 Å². The number of fused-ring (bicyclic) bond motifs is 1. The SMILES string of the molecule is COc1cc2c(cc1OC)C(c1ccc(N(C)C)cc1)OCC2. The molecule has 4 heteroatoms. The van der Waals surface area contributed by atoms with Crippen LogP contribution in [-0.4, -0.2) is 34.9 Å². The summed E-state index contributed by atoms with van der Waals surface area (Å²) in [6, 6.07) is 12.6. The van der Waals surface area contributed by atoms with Crippen LogP contribution in [-0.2, 0) is 11.2 Å². The number of benzene rings is 2. The van der Waals surface area contributed by atoms with Crippen molar-refractivity contribution in [2.45, 2.75) is 12.5 Å². The van der Waals surface area contributed by atoms with Gasteiger partial charge in [0, 0.05) is 19.8 Å². The monoisotopic (exact) mass is 313 g/mol. The van der Waals surface area contributed by atoms with Crippen LogP contribution in [0.25, 0.3) is 0 Å². The third-order valence-electron chi connectivity index (χ3n) is 4.30. The van der Waals surface area contributed by atoms with Crippen LogP contribution in [0.2, 0.25) is 0 Å². The Bertz CT molecular complexity index is 680. The van der Waals surface area contributed by atoms with Crippen LogP contribution in [0.3, 0.4) is 0 Å². The van der Waals surface area contributed by atoms with Crippen molar-refractivity contribution in [2.24, 2.45) is 0 Å². The van der Waals surface area contributed by atoms with Gasteiger partial charge in [0.05, 0.1) is 20.8 Å².